The summed E-state index contributed by atoms with van der Waals surface area (Å²) in [6.07, 6.45) is 2.61. The highest BCUT2D eigenvalue weighted by atomic mass is 19.1. The van der Waals surface area contributed by atoms with Crippen LogP contribution < -0.4 is 10.6 Å². The van der Waals surface area contributed by atoms with Crippen LogP contribution in [0.4, 0.5) is 20.6 Å². The van der Waals surface area contributed by atoms with E-state index < -0.39 is 6.09 Å². The summed E-state index contributed by atoms with van der Waals surface area (Å²) >= 11 is 0. The number of hydrogen-bond acceptors (Lipinski definition) is 4. The number of halogens is 1. The van der Waals surface area contributed by atoms with Gasteiger partial charge in [0.1, 0.15) is 5.82 Å². The second-order valence-corrected chi connectivity index (χ2v) is 5.76. The molecule has 0 saturated heterocycles. The first-order valence-corrected chi connectivity index (χ1v) is 7.80. The number of methoxy groups -OCH3 is 1. The van der Waals surface area contributed by atoms with Crippen LogP contribution in [-0.2, 0) is 11.3 Å². The van der Waals surface area contributed by atoms with E-state index in [9.17, 15) is 9.18 Å². The Morgan fingerprint density at radius 2 is 2.08 bits per heavy atom. The lowest BCUT2D eigenvalue weighted by atomic mass is 10.1. The van der Waals surface area contributed by atoms with E-state index in [0.717, 1.165) is 16.8 Å². The van der Waals surface area contributed by atoms with E-state index in [4.69, 9.17) is 0 Å². The Hall–Kier alpha value is -3.09. The Balaban J connectivity index is 1.91. The van der Waals surface area contributed by atoms with E-state index >= 15 is 0 Å². The monoisotopic (exact) mass is 342 g/mol. The number of nitrogens with zero attached hydrogens (tertiary/aromatic N) is 2. The molecule has 1 aromatic carbocycles. The van der Waals surface area contributed by atoms with Gasteiger partial charge in [-0.3, -0.25) is 5.32 Å². The summed E-state index contributed by atoms with van der Waals surface area (Å²) in [7, 11) is 1.31. The third-order valence-corrected chi connectivity index (χ3v) is 3.93. The Labute approximate surface area is 144 Å². The SMILES string of the molecule is COC(=O)Nc1cccc(C)c1CNc1cc(F)cn2cc(C)nc12. The molecule has 0 spiro atoms. The summed E-state index contributed by atoms with van der Waals surface area (Å²) in [6, 6.07) is 7.00. The van der Waals surface area contributed by atoms with Crippen LogP contribution in [0.2, 0.25) is 0 Å². The van der Waals surface area contributed by atoms with Gasteiger partial charge in [-0.2, -0.15) is 0 Å². The Morgan fingerprint density at radius 1 is 1.28 bits per heavy atom. The van der Waals surface area contributed by atoms with Gasteiger partial charge in [0.05, 0.1) is 18.5 Å². The van der Waals surface area contributed by atoms with Gasteiger partial charge in [-0.25, -0.2) is 14.2 Å². The highest BCUT2D eigenvalue weighted by Gasteiger charge is 2.11. The van der Waals surface area contributed by atoms with Crippen LogP contribution in [0, 0.1) is 19.7 Å². The van der Waals surface area contributed by atoms with Crippen LogP contribution in [0.5, 0.6) is 0 Å². The molecule has 0 radical (unpaired) electrons. The number of aryl methyl sites for hydroxylation is 2. The molecule has 3 aromatic rings. The number of carbonyl (C=O) groups excluding carboxylic acids is 1. The summed E-state index contributed by atoms with van der Waals surface area (Å²) in [5.41, 5.74) is 4.56. The first kappa shape index (κ1) is 16.8. The molecule has 0 unspecified atom stereocenters. The van der Waals surface area contributed by atoms with Gasteiger partial charge in [0.25, 0.3) is 0 Å². The van der Waals surface area contributed by atoms with Crippen LogP contribution >= 0.6 is 0 Å². The second kappa shape index (κ2) is 6.80. The predicted octanol–water partition coefficient (Wildman–Crippen LogP) is 3.88. The molecule has 25 heavy (non-hydrogen) atoms. The minimum atomic E-state index is -0.538. The summed E-state index contributed by atoms with van der Waals surface area (Å²) in [6.45, 7) is 4.20. The molecule has 0 bridgehead atoms. The normalized spacial score (nSPS) is 10.7. The van der Waals surface area contributed by atoms with Gasteiger partial charge in [0.2, 0.25) is 0 Å². The summed E-state index contributed by atoms with van der Waals surface area (Å²) < 4.78 is 20.2. The molecule has 1 amide bonds. The number of ether oxygens (including phenoxy) is 1. The topological polar surface area (TPSA) is 67.7 Å². The van der Waals surface area contributed by atoms with Crippen molar-refractivity contribution >= 4 is 23.1 Å². The van der Waals surface area contributed by atoms with Crippen molar-refractivity contribution in [2.75, 3.05) is 17.7 Å². The summed E-state index contributed by atoms with van der Waals surface area (Å²) in [5, 5.41) is 5.91. The number of pyridine rings is 1. The van der Waals surface area contributed by atoms with Gasteiger partial charge >= 0.3 is 6.09 Å². The number of aromatic nitrogens is 2. The minimum Gasteiger partial charge on any atom is -0.453 e. The molecular weight excluding hydrogens is 323 g/mol. The third kappa shape index (κ3) is 3.55. The zero-order valence-electron chi connectivity index (χ0n) is 14.3. The van der Waals surface area contributed by atoms with E-state index in [1.165, 1.54) is 19.4 Å². The van der Waals surface area contributed by atoms with Crippen molar-refractivity contribution in [3.8, 4) is 0 Å². The average molecular weight is 342 g/mol. The van der Waals surface area contributed by atoms with Crippen molar-refractivity contribution < 1.29 is 13.9 Å². The predicted molar refractivity (Wildman–Crippen MR) is 94.4 cm³/mol. The standard InChI is InChI=1S/C18H19FN4O2/c1-11-5-4-6-15(22-18(24)25-3)14(11)8-20-16-7-13(19)10-23-9-12(2)21-17(16)23/h4-7,9-10,20H,8H2,1-3H3,(H,22,24). The first-order valence-electron chi connectivity index (χ1n) is 7.80. The quantitative estimate of drug-likeness (QED) is 0.755. The number of carbonyl (C=O) groups is 1. The number of nitrogens with one attached hydrogen (secondary N) is 2. The fraction of sp³-hybridized carbons (Fsp3) is 0.222. The fourth-order valence-electron chi connectivity index (χ4n) is 2.72. The first-order chi connectivity index (χ1) is 12.0. The Morgan fingerprint density at radius 3 is 2.84 bits per heavy atom. The number of imidazole rings is 1. The average Bonchev–Trinajstić information content (AvgIpc) is 2.94. The maximum atomic E-state index is 13.8. The lowest BCUT2D eigenvalue weighted by Crippen LogP contribution is -2.14. The van der Waals surface area contributed by atoms with Gasteiger partial charge in [-0.05, 0) is 31.0 Å². The number of benzene rings is 1. The van der Waals surface area contributed by atoms with Crippen LogP contribution in [0.3, 0.4) is 0 Å². The molecule has 0 saturated carbocycles. The van der Waals surface area contributed by atoms with E-state index in [-0.39, 0.29) is 5.82 Å². The molecule has 0 fully saturated rings. The molecule has 0 aliphatic rings. The molecule has 130 valence electrons. The smallest absolute Gasteiger partial charge is 0.411 e. The highest BCUT2D eigenvalue weighted by Crippen LogP contribution is 2.24. The zero-order valence-corrected chi connectivity index (χ0v) is 14.3. The number of rotatable bonds is 4. The molecule has 0 aliphatic carbocycles. The molecule has 7 heteroatoms. The lowest BCUT2D eigenvalue weighted by Gasteiger charge is -2.15. The maximum absolute atomic E-state index is 13.8. The van der Waals surface area contributed by atoms with Gasteiger partial charge in [-0.1, -0.05) is 12.1 Å². The molecule has 3 rings (SSSR count). The zero-order chi connectivity index (χ0) is 18.0. The molecular formula is C18H19FN4O2. The van der Waals surface area contributed by atoms with Crippen molar-refractivity contribution in [3.63, 3.8) is 0 Å². The minimum absolute atomic E-state index is 0.356. The van der Waals surface area contributed by atoms with Crippen molar-refractivity contribution in [1.82, 2.24) is 9.38 Å². The van der Waals surface area contributed by atoms with Crippen LogP contribution in [0.15, 0.2) is 36.7 Å². The molecule has 0 aliphatic heterocycles. The lowest BCUT2D eigenvalue weighted by molar-refractivity contribution is 0.187. The molecule has 2 heterocycles. The van der Waals surface area contributed by atoms with Crippen LogP contribution in [0.25, 0.3) is 5.65 Å². The number of amides is 1. The van der Waals surface area contributed by atoms with E-state index in [0.29, 0.717) is 23.6 Å². The van der Waals surface area contributed by atoms with Crippen molar-refractivity contribution in [3.05, 3.63) is 59.3 Å². The van der Waals surface area contributed by atoms with Gasteiger partial charge < -0.3 is 14.5 Å². The largest absolute Gasteiger partial charge is 0.453 e. The summed E-state index contributed by atoms with van der Waals surface area (Å²) in [4.78, 5) is 15.9. The number of fused-ring (bicyclic) bond motifs is 1. The van der Waals surface area contributed by atoms with Crippen molar-refractivity contribution in [2.24, 2.45) is 0 Å². The summed E-state index contributed by atoms with van der Waals surface area (Å²) in [5.74, 6) is -0.356. The molecule has 0 atom stereocenters. The van der Waals surface area contributed by atoms with Crippen LogP contribution in [0.1, 0.15) is 16.8 Å². The van der Waals surface area contributed by atoms with Crippen molar-refractivity contribution in [2.45, 2.75) is 20.4 Å². The van der Waals surface area contributed by atoms with Crippen molar-refractivity contribution in [1.29, 1.82) is 0 Å². The Bertz CT molecular complexity index is 936. The molecule has 2 aromatic heterocycles. The molecule has 2 N–H and O–H groups in total. The van der Waals surface area contributed by atoms with E-state index in [2.05, 4.69) is 20.4 Å². The third-order valence-electron chi connectivity index (χ3n) is 3.93. The number of hydrogen-bond donors (Lipinski definition) is 2. The molecule has 6 nitrogen and oxygen atoms in total. The fourth-order valence-corrected chi connectivity index (χ4v) is 2.72. The Kier molecular flexibility index (Phi) is 4.56. The van der Waals surface area contributed by atoms with E-state index in [1.807, 2.05) is 26.0 Å². The van der Waals surface area contributed by atoms with E-state index in [1.54, 1.807) is 16.7 Å². The van der Waals surface area contributed by atoms with Gasteiger partial charge in [-0.15, -0.1) is 0 Å². The number of anilines is 2. The van der Waals surface area contributed by atoms with Gasteiger partial charge in [0.15, 0.2) is 5.65 Å². The maximum Gasteiger partial charge on any atom is 0.411 e. The highest BCUT2D eigenvalue weighted by molar-refractivity contribution is 5.86. The van der Waals surface area contributed by atoms with Crippen LogP contribution in [-0.4, -0.2) is 22.6 Å². The second-order valence-electron chi connectivity index (χ2n) is 5.76. The van der Waals surface area contributed by atoms with Gasteiger partial charge in [0, 0.05) is 30.7 Å².